The molecule has 14 heavy (non-hydrogen) atoms. The number of nitrogens with zero attached hydrogens (tertiary/aromatic N) is 1. The summed E-state index contributed by atoms with van der Waals surface area (Å²) in [6, 6.07) is 6.42. The van der Waals surface area contributed by atoms with E-state index < -0.39 is 5.97 Å². The molecule has 0 aromatic heterocycles. The van der Waals surface area contributed by atoms with E-state index in [0.717, 1.165) is 6.21 Å². The molecule has 1 rings (SSSR count). The predicted octanol–water partition coefficient (Wildman–Crippen LogP) is 1.43. The summed E-state index contributed by atoms with van der Waals surface area (Å²) in [4.78, 5) is 10.7. The monoisotopic (exact) mass is 191 g/mol. The van der Waals surface area contributed by atoms with Gasteiger partial charge in [0.2, 0.25) is 0 Å². The zero-order valence-electron chi connectivity index (χ0n) is 7.27. The zero-order valence-corrected chi connectivity index (χ0v) is 7.27. The van der Waals surface area contributed by atoms with Crippen LogP contribution >= 0.6 is 0 Å². The first-order chi connectivity index (χ1) is 6.75. The lowest BCUT2D eigenvalue weighted by atomic mass is 10.2. The summed E-state index contributed by atoms with van der Waals surface area (Å²) in [5.74, 6) is -1.02. The third-order valence-corrected chi connectivity index (χ3v) is 1.49. The molecule has 0 spiro atoms. The lowest BCUT2D eigenvalue weighted by Gasteiger charge is -2.03. The highest BCUT2D eigenvalue weighted by Crippen LogP contribution is 2.14. The molecular weight excluding hydrogens is 182 g/mol. The van der Waals surface area contributed by atoms with Crippen LogP contribution in [0, 0.1) is 5.41 Å². The van der Waals surface area contributed by atoms with Crippen molar-refractivity contribution in [2.45, 2.75) is 0 Å². The second-order valence-electron chi connectivity index (χ2n) is 2.41. The van der Waals surface area contributed by atoms with Crippen LogP contribution in [0.15, 0.2) is 29.4 Å². The number of benzene rings is 1. The zero-order chi connectivity index (χ0) is 10.4. The first-order valence-corrected chi connectivity index (χ1v) is 3.86. The molecule has 0 saturated heterocycles. The van der Waals surface area contributed by atoms with Crippen molar-refractivity contribution in [2.24, 2.45) is 5.10 Å². The van der Waals surface area contributed by atoms with Crippen LogP contribution in [0.4, 0.5) is 5.69 Å². The summed E-state index contributed by atoms with van der Waals surface area (Å²) >= 11 is 0. The molecule has 1 aromatic rings. The van der Waals surface area contributed by atoms with Crippen LogP contribution in [0.2, 0.25) is 0 Å². The van der Waals surface area contributed by atoms with Gasteiger partial charge in [0.1, 0.15) is 0 Å². The van der Waals surface area contributed by atoms with Crippen molar-refractivity contribution in [3.8, 4) is 0 Å². The minimum atomic E-state index is -1.02. The number of para-hydroxylation sites is 1. The fraction of sp³-hybridized carbons (Fsp3) is 0. The second-order valence-corrected chi connectivity index (χ2v) is 2.41. The van der Waals surface area contributed by atoms with E-state index in [1.807, 2.05) is 0 Å². The highest BCUT2D eigenvalue weighted by molar-refractivity contribution is 6.14. The number of carbonyl (C=O) groups is 1. The number of aromatic carboxylic acids is 1. The summed E-state index contributed by atoms with van der Waals surface area (Å²) in [5, 5.41) is 19.1. The lowest BCUT2D eigenvalue weighted by molar-refractivity contribution is 0.0698. The van der Waals surface area contributed by atoms with E-state index in [9.17, 15) is 4.79 Å². The van der Waals surface area contributed by atoms with E-state index in [1.165, 1.54) is 12.3 Å². The number of carboxylic acids is 1. The molecule has 0 aliphatic heterocycles. The normalized spacial score (nSPS) is 10.0. The molecule has 0 radical (unpaired) electrons. The van der Waals surface area contributed by atoms with Crippen molar-refractivity contribution in [1.29, 1.82) is 5.41 Å². The standard InChI is InChI=1S/C9H9N3O2/c10-5-6-11-12-8-4-2-1-3-7(8)9(13)14/h1-6,10,12H,(H,13,14)/b10-5?,11-6-. The fourth-order valence-corrected chi connectivity index (χ4v) is 0.911. The summed E-state index contributed by atoms with van der Waals surface area (Å²) in [6.45, 7) is 0. The molecule has 0 heterocycles. The Kier molecular flexibility index (Phi) is 3.37. The summed E-state index contributed by atoms with van der Waals surface area (Å²) in [6.07, 6.45) is 2.22. The Morgan fingerprint density at radius 2 is 2.21 bits per heavy atom. The number of hydrazone groups is 1. The van der Waals surface area contributed by atoms with Gasteiger partial charge in [0, 0.05) is 6.21 Å². The lowest BCUT2D eigenvalue weighted by Crippen LogP contribution is -2.01. The maximum Gasteiger partial charge on any atom is 0.337 e. The third kappa shape index (κ3) is 2.41. The van der Waals surface area contributed by atoms with Gasteiger partial charge in [-0.05, 0) is 12.1 Å². The van der Waals surface area contributed by atoms with Crippen molar-refractivity contribution in [1.82, 2.24) is 0 Å². The van der Waals surface area contributed by atoms with Crippen molar-refractivity contribution in [3.63, 3.8) is 0 Å². The van der Waals surface area contributed by atoms with Crippen molar-refractivity contribution >= 4 is 24.1 Å². The van der Waals surface area contributed by atoms with Gasteiger partial charge in [-0.2, -0.15) is 5.10 Å². The maximum atomic E-state index is 10.7. The molecule has 0 amide bonds. The number of nitrogens with one attached hydrogen (secondary N) is 2. The number of carboxylic acid groups (broad SMARTS) is 1. The third-order valence-electron chi connectivity index (χ3n) is 1.49. The molecule has 1 aromatic carbocycles. The van der Waals surface area contributed by atoms with E-state index in [4.69, 9.17) is 10.5 Å². The molecule has 3 N–H and O–H groups in total. The first-order valence-electron chi connectivity index (χ1n) is 3.86. The smallest absolute Gasteiger partial charge is 0.337 e. The Balaban J connectivity index is 2.89. The molecule has 0 bridgehead atoms. The second kappa shape index (κ2) is 4.76. The average molecular weight is 191 g/mol. The number of anilines is 1. The number of hydrogen-bond donors (Lipinski definition) is 3. The maximum absolute atomic E-state index is 10.7. The summed E-state index contributed by atoms with van der Waals surface area (Å²) in [5.41, 5.74) is 3.08. The number of rotatable bonds is 4. The Hall–Kier alpha value is -2.17. The highest BCUT2D eigenvalue weighted by atomic mass is 16.4. The molecule has 5 heteroatoms. The van der Waals surface area contributed by atoms with E-state index in [0.29, 0.717) is 5.69 Å². The quantitative estimate of drug-likeness (QED) is 0.497. The SMILES string of the molecule is N=C/C=N\Nc1ccccc1C(=O)O. The molecule has 0 fully saturated rings. The Morgan fingerprint density at radius 1 is 1.50 bits per heavy atom. The Morgan fingerprint density at radius 3 is 2.86 bits per heavy atom. The van der Waals surface area contributed by atoms with Gasteiger partial charge >= 0.3 is 5.97 Å². The fourth-order valence-electron chi connectivity index (χ4n) is 0.911. The van der Waals surface area contributed by atoms with Crippen LogP contribution in [0.3, 0.4) is 0 Å². The van der Waals surface area contributed by atoms with Crippen LogP contribution in [0.25, 0.3) is 0 Å². The Bertz CT molecular complexity index is 374. The Labute approximate surface area is 80.6 Å². The van der Waals surface area contributed by atoms with Crippen LogP contribution in [-0.2, 0) is 0 Å². The molecule has 5 nitrogen and oxygen atoms in total. The van der Waals surface area contributed by atoms with E-state index in [2.05, 4.69) is 10.5 Å². The minimum absolute atomic E-state index is 0.148. The van der Waals surface area contributed by atoms with Gasteiger partial charge < -0.3 is 10.5 Å². The van der Waals surface area contributed by atoms with Crippen LogP contribution in [0.5, 0.6) is 0 Å². The number of hydrogen-bond acceptors (Lipinski definition) is 4. The minimum Gasteiger partial charge on any atom is -0.478 e. The predicted molar refractivity (Wildman–Crippen MR) is 54.3 cm³/mol. The molecular formula is C9H9N3O2. The van der Waals surface area contributed by atoms with Crippen LogP contribution in [-0.4, -0.2) is 23.5 Å². The molecule has 0 saturated carbocycles. The van der Waals surface area contributed by atoms with E-state index >= 15 is 0 Å². The van der Waals surface area contributed by atoms with Gasteiger partial charge in [-0.3, -0.25) is 5.43 Å². The van der Waals surface area contributed by atoms with Gasteiger partial charge in [-0.1, -0.05) is 12.1 Å². The summed E-state index contributed by atoms with van der Waals surface area (Å²) in [7, 11) is 0. The van der Waals surface area contributed by atoms with Crippen LogP contribution < -0.4 is 5.43 Å². The topological polar surface area (TPSA) is 85.5 Å². The molecule has 0 aliphatic carbocycles. The van der Waals surface area contributed by atoms with Gasteiger partial charge in [0.25, 0.3) is 0 Å². The largest absolute Gasteiger partial charge is 0.478 e. The molecule has 0 unspecified atom stereocenters. The molecule has 0 aliphatic rings. The molecule has 72 valence electrons. The van der Waals surface area contributed by atoms with Crippen molar-refractivity contribution in [2.75, 3.05) is 5.43 Å². The van der Waals surface area contributed by atoms with Crippen molar-refractivity contribution < 1.29 is 9.90 Å². The van der Waals surface area contributed by atoms with Gasteiger partial charge in [0.05, 0.1) is 17.5 Å². The van der Waals surface area contributed by atoms with Crippen LogP contribution in [0.1, 0.15) is 10.4 Å². The van der Waals surface area contributed by atoms with Gasteiger partial charge in [-0.25, -0.2) is 4.79 Å². The average Bonchev–Trinajstić information content (AvgIpc) is 2.19. The van der Waals surface area contributed by atoms with E-state index in [-0.39, 0.29) is 5.56 Å². The first kappa shape index (κ1) is 9.91. The highest BCUT2D eigenvalue weighted by Gasteiger charge is 2.07. The van der Waals surface area contributed by atoms with Gasteiger partial charge in [0.15, 0.2) is 0 Å². The molecule has 0 atom stereocenters. The van der Waals surface area contributed by atoms with Crippen molar-refractivity contribution in [3.05, 3.63) is 29.8 Å². The summed E-state index contributed by atoms with van der Waals surface area (Å²) < 4.78 is 0. The van der Waals surface area contributed by atoms with Gasteiger partial charge in [-0.15, -0.1) is 0 Å². The van der Waals surface area contributed by atoms with E-state index in [1.54, 1.807) is 18.2 Å².